The van der Waals surface area contributed by atoms with Crippen LogP contribution < -0.4 is 5.32 Å². The SMILES string of the molecule is COCC(C)CNc1ncns1. The largest absolute Gasteiger partial charge is 0.384 e. The fourth-order valence-electron chi connectivity index (χ4n) is 0.856. The van der Waals surface area contributed by atoms with Gasteiger partial charge in [-0.15, -0.1) is 0 Å². The molecular weight excluding hydrogens is 174 g/mol. The topological polar surface area (TPSA) is 47.0 Å². The van der Waals surface area contributed by atoms with Crippen LogP contribution in [0.25, 0.3) is 0 Å². The van der Waals surface area contributed by atoms with Crippen molar-refractivity contribution in [2.24, 2.45) is 5.92 Å². The molecule has 0 spiro atoms. The van der Waals surface area contributed by atoms with Gasteiger partial charge in [-0.3, -0.25) is 0 Å². The van der Waals surface area contributed by atoms with Gasteiger partial charge in [0.2, 0.25) is 5.13 Å². The lowest BCUT2D eigenvalue weighted by atomic mass is 10.2. The maximum Gasteiger partial charge on any atom is 0.202 e. The zero-order valence-electron chi connectivity index (χ0n) is 7.28. The van der Waals surface area contributed by atoms with Crippen LogP contribution in [-0.2, 0) is 4.74 Å². The van der Waals surface area contributed by atoms with E-state index in [1.165, 1.54) is 11.5 Å². The monoisotopic (exact) mass is 187 g/mol. The van der Waals surface area contributed by atoms with Gasteiger partial charge in [0.1, 0.15) is 6.33 Å². The van der Waals surface area contributed by atoms with Crippen LogP contribution in [0.4, 0.5) is 5.13 Å². The first-order chi connectivity index (χ1) is 5.83. The molecule has 1 atom stereocenters. The molecule has 0 fully saturated rings. The zero-order valence-corrected chi connectivity index (χ0v) is 8.10. The molecule has 0 aliphatic rings. The van der Waals surface area contributed by atoms with Crippen LogP contribution in [-0.4, -0.2) is 29.6 Å². The molecule has 0 bridgehead atoms. The van der Waals surface area contributed by atoms with Crippen LogP contribution in [0.3, 0.4) is 0 Å². The van der Waals surface area contributed by atoms with Crippen LogP contribution >= 0.6 is 11.5 Å². The molecule has 0 saturated carbocycles. The summed E-state index contributed by atoms with van der Waals surface area (Å²) in [5.74, 6) is 0.499. The lowest BCUT2D eigenvalue weighted by molar-refractivity contribution is 0.164. The summed E-state index contributed by atoms with van der Waals surface area (Å²) in [7, 11) is 1.71. The summed E-state index contributed by atoms with van der Waals surface area (Å²) in [5.41, 5.74) is 0. The molecule has 68 valence electrons. The highest BCUT2D eigenvalue weighted by Gasteiger charge is 2.01. The summed E-state index contributed by atoms with van der Waals surface area (Å²) < 4.78 is 8.88. The van der Waals surface area contributed by atoms with Gasteiger partial charge in [0.05, 0.1) is 6.61 Å². The molecule has 0 aliphatic carbocycles. The van der Waals surface area contributed by atoms with Crippen molar-refractivity contribution in [1.82, 2.24) is 9.36 Å². The van der Waals surface area contributed by atoms with Crippen molar-refractivity contribution in [3.63, 3.8) is 0 Å². The highest BCUT2D eigenvalue weighted by molar-refractivity contribution is 7.09. The Balaban J connectivity index is 2.17. The predicted octanol–water partition coefficient (Wildman–Crippen LogP) is 1.23. The lowest BCUT2D eigenvalue weighted by Crippen LogP contribution is -2.15. The molecule has 1 aromatic heterocycles. The van der Waals surface area contributed by atoms with E-state index in [4.69, 9.17) is 4.74 Å². The van der Waals surface area contributed by atoms with E-state index in [0.717, 1.165) is 18.3 Å². The Bertz CT molecular complexity index is 202. The lowest BCUT2D eigenvalue weighted by Gasteiger charge is -2.09. The average Bonchev–Trinajstić information content (AvgIpc) is 2.53. The Hall–Kier alpha value is -0.680. The third kappa shape index (κ3) is 3.15. The number of ether oxygens (including phenoxy) is 1. The van der Waals surface area contributed by atoms with E-state index in [2.05, 4.69) is 21.6 Å². The van der Waals surface area contributed by atoms with Crippen molar-refractivity contribution in [1.29, 1.82) is 0 Å². The second-order valence-corrected chi connectivity index (χ2v) is 3.47. The average molecular weight is 187 g/mol. The van der Waals surface area contributed by atoms with Crippen molar-refractivity contribution in [3.05, 3.63) is 6.33 Å². The van der Waals surface area contributed by atoms with Gasteiger partial charge in [-0.2, -0.15) is 4.37 Å². The third-order valence-electron chi connectivity index (χ3n) is 1.41. The van der Waals surface area contributed by atoms with Gasteiger partial charge in [-0.05, 0) is 5.92 Å². The van der Waals surface area contributed by atoms with Crippen molar-refractivity contribution < 1.29 is 4.74 Å². The van der Waals surface area contributed by atoms with Crippen molar-refractivity contribution in [2.75, 3.05) is 25.6 Å². The zero-order chi connectivity index (χ0) is 8.81. The standard InChI is InChI=1S/C7H13N3OS/c1-6(4-11-2)3-8-7-9-5-10-12-7/h5-6H,3-4H2,1-2H3,(H,8,9,10). The summed E-state index contributed by atoms with van der Waals surface area (Å²) >= 11 is 1.37. The molecule has 1 heterocycles. The molecule has 0 aliphatic heterocycles. The third-order valence-corrected chi connectivity index (χ3v) is 2.04. The highest BCUT2D eigenvalue weighted by atomic mass is 32.1. The smallest absolute Gasteiger partial charge is 0.202 e. The van der Waals surface area contributed by atoms with Crippen molar-refractivity contribution in [3.8, 4) is 0 Å². The molecule has 0 radical (unpaired) electrons. The van der Waals surface area contributed by atoms with Crippen LogP contribution in [0.15, 0.2) is 6.33 Å². The van der Waals surface area contributed by atoms with Gasteiger partial charge in [0.15, 0.2) is 0 Å². The summed E-state index contributed by atoms with van der Waals surface area (Å²) in [6.45, 7) is 3.77. The number of methoxy groups -OCH3 is 1. The molecule has 1 aromatic rings. The van der Waals surface area contributed by atoms with Gasteiger partial charge < -0.3 is 10.1 Å². The van der Waals surface area contributed by atoms with E-state index in [-0.39, 0.29) is 0 Å². The molecule has 5 heteroatoms. The Morgan fingerprint density at radius 2 is 2.58 bits per heavy atom. The van der Waals surface area contributed by atoms with Crippen LogP contribution in [0.2, 0.25) is 0 Å². The number of nitrogens with zero attached hydrogens (tertiary/aromatic N) is 2. The second-order valence-electron chi connectivity index (χ2n) is 2.69. The van der Waals surface area contributed by atoms with Gasteiger partial charge in [0, 0.05) is 25.2 Å². The van der Waals surface area contributed by atoms with Crippen LogP contribution in [0, 0.1) is 5.92 Å². The molecule has 0 aromatic carbocycles. The Kier molecular flexibility index (Phi) is 3.96. The molecule has 4 nitrogen and oxygen atoms in total. The number of hydrogen-bond acceptors (Lipinski definition) is 5. The van der Waals surface area contributed by atoms with E-state index < -0.39 is 0 Å². The van der Waals surface area contributed by atoms with E-state index in [1.807, 2.05) is 0 Å². The Labute approximate surface area is 76.1 Å². The first-order valence-corrected chi connectivity index (χ1v) is 4.59. The number of aromatic nitrogens is 2. The summed E-state index contributed by atoms with van der Waals surface area (Å²) in [6.07, 6.45) is 1.55. The number of nitrogens with one attached hydrogen (secondary N) is 1. The van der Waals surface area contributed by atoms with Crippen LogP contribution in [0.1, 0.15) is 6.92 Å². The normalized spacial score (nSPS) is 12.8. The van der Waals surface area contributed by atoms with Gasteiger partial charge in [-0.25, -0.2) is 4.98 Å². The second kappa shape index (κ2) is 5.05. The summed E-state index contributed by atoms with van der Waals surface area (Å²) in [4.78, 5) is 4.00. The predicted molar refractivity (Wildman–Crippen MR) is 49.4 cm³/mol. The summed E-state index contributed by atoms with van der Waals surface area (Å²) in [6, 6.07) is 0. The van der Waals surface area contributed by atoms with Crippen LogP contribution in [0.5, 0.6) is 0 Å². The number of hydrogen-bond donors (Lipinski definition) is 1. The van der Waals surface area contributed by atoms with Gasteiger partial charge in [0.25, 0.3) is 0 Å². The molecule has 0 amide bonds. The number of anilines is 1. The minimum Gasteiger partial charge on any atom is -0.384 e. The van der Waals surface area contributed by atoms with E-state index in [1.54, 1.807) is 13.4 Å². The fraction of sp³-hybridized carbons (Fsp3) is 0.714. The molecule has 0 saturated heterocycles. The van der Waals surface area contributed by atoms with E-state index in [0.29, 0.717) is 5.92 Å². The van der Waals surface area contributed by atoms with Gasteiger partial charge >= 0.3 is 0 Å². The van der Waals surface area contributed by atoms with Crippen molar-refractivity contribution >= 4 is 16.7 Å². The Morgan fingerprint density at radius 1 is 1.75 bits per heavy atom. The first kappa shape index (κ1) is 9.41. The maximum atomic E-state index is 5.00. The van der Waals surface area contributed by atoms with E-state index in [9.17, 15) is 0 Å². The summed E-state index contributed by atoms with van der Waals surface area (Å²) in [5, 5.41) is 4.05. The quantitative estimate of drug-likeness (QED) is 0.753. The van der Waals surface area contributed by atoms with E-state index >= 15 is 0 Å². The first-order valence-electron chi connectivity index (χ1n) is 3.82. The fourth-order valence-corrected chi connectivity index (χ4v) is 1.29. The molecule has 1 N–H and O–H groups in total. The molecule has 12 heavy (non-hydrogen) atoms. The van der Waals surface area contributed by atoms with Crippen molar-refractivity contribution in [2.45, 2.75) is 6.92 Å². The number of rotatable bonds is 5. The highest BCUT2D eigenvalue weighted by Crippen LogP contribution is 2.07. The maximum absolute atomic E-state index is 5.00. The Morgan fingerprint density at radius 3 is 3.17 bits per heavy atom. The molecule has 1 rings (SSSR count). The minimum absolute atomic E-state index is 0.499. The molecule has 1 unspecified atom stereocenters. The molecular formula is C7H13N3OS. The van der Waals surface area contributed by atoms with Gasteiger partial charge in [-0.1, -0.05) is 6.92 Å². The minimum atomic E-state index is 0.499.